The summed E-state index contributed by atoms with van der Waals surface area (Å²) in [5.74, 6) is -0.0767. The van der Waals surface area contributed by atoms with Crippen LogP contribution in [0.15, 0.2) is 47.5 Å². The number of halogens is 2. The summed E-state index contributed by atoms with van der Waals surface area (Å²) in [6.07, 6.45) is 0.765. The van der Waals surface area contributed by atoms with Gasteiger partial charge in [0.2, 0.25) is 5.91 Å². The van der Waals surface area contributed by atoms with E-state index in [1.807, 2.05) is 29.2 Å². The van der Waals surface area contributed by atoms with Crippen LogP contribution >= 0.6 is 0 Å². The highest BCUT2D eigenvalue weighted by atomic mass is 19.1. The van der Waals surface area contributed by atoms with Crippen LogP contribution in [0.5, 0.6) is 5.75 Å². The molecule has 2 aromatic carbocycles. The van der Waals surface area contributed by atoms with E-state index in [-0.39, 0.29) is 18.5 Å². The Bertz CT molecular complexity index is 921. The maximum absolute atomic E-state index is 14.0. The van der Waals surface area contributed by atoms with Crippen molar-refractivity contribution in [1.29, 1.82) is 0 Å². The number of guanidine groups is 1. The van der Waals surface area contributed by atoms with Crippen LogP contribution in [0, 0.1) is 11.6 Å². The van der Waals surface area contributed by atoms with E-state index in [1.54, 1.807) is 14.2 Å². The number of nitrogens with zero attached hydrogens (tertiary/aromatic N) is 2. The quantitative estimate of drug-likeness (QED) is 0.462. The van der Waals surface area contributed by atoms with Crippen molar-refractivity contribution < 1.29 is 18.3 Å². The molecular weight excluding hydrogens is 404 g/mol. The maximum atomic E-state index is 14.0. The van der Waals surface area contributed by atoms with E-state index in [0.29, 0.717) is 31.3 Å². The lowest BCUT2D eigenvalue weighted by Gasteiger charge is -2.21. The molecule has 1 fully saturated rings. The normalized spacial score (nSPS) is 16.2. The third kappa shape index (κ3) is 6.31. The van der Waals surface area contributed by atoms with Gasteiger partial charge in [0.25, 0.3) is 0 Å². The van der Waals surface area contributed by atoms with E-state index in [9.17, 15) is 13.6 Å². The van der Waals surface area contributed by atoms with Gasteiger partial charge in [0.1, 0.15) is 17.4 Å². The van der Waals surface area contributed by atoms with E-state index in [0.717, 1.165) is 23.8 Å². The molecule has 1 heterocycles. The van der Waals surface area contributed by atoms with Gasteiger partial charge in [-0.15, -0.1) is 0 Å². The van der Waals surface area contributed by atoms with Crippen molar-refractivity contribution in [1.82, 2.24) is 16.0 Å². The third-order valence-electron chi connectivity index (χ3n) is 5.07. The van der Waals surface area contributed by atoms with E-state index in [4.69, 9.17) is 4.74 Å². The van der Waals surface area contributed by atoms with Crippen LogP contribution in [-0.4, -0.2) is 51.7 Å². The molecule has 1 saturated heterocycles. The molecule has 2 aromatic rings. The zero-order valence-electron chi connectivity index (χ0n) is 17.6. The summed E-state index contributed by atoms with van der Waals surface area (Å²) < 4.78 is 32.3. The van der Waals surface area contributed by atoms with E-state index in [2.05, 4.69) is 20.9 Å². The van der Waals surface area contributed by atoms with Gasteiger partial charge in [0, 0.05) is 38.8 Å². The van der Waals surface area contributed by atoms with Gasteiger partial charge in [-0.25, -0.2) is 8.78 Å². The van der Waals surface area contributed by atoms with Crippen molar-refractivity contribution in [2.45, 2.75) is 19.0 Å². The van der Waals surface area contributed by atoms with Gasteiger partial charge in [-0.05, 0) is 36.2 Å². The van der Waals surface area contributed by atoms with Crippen molar-refractivity contribution >= 4 is 17.6 Å². The minimum absolute atomic E-state index is 0.0259. The molecule has 0 spiro atoms. The lowest BCUT2D eigenvalue weighted by Crippen LogP contribution is -2.47. The topological polar surface area (TPSA) is 78.0 Å². The minimum atomic E-state index is -0.593. The highest BCUT2D eigenvalue weighted by Crippen LogP contribution is 2.24. The van der Waals surface area contributed by atoms with Crippen LogP contribution in [0.3, 0.4) is 0 Å². The highest BCUT2D eigenvalue weighted by molar-refractivity contribution is 5.86. The van der Waals surface area contributed by atoms with Gasteiger partial charge in [0.05, 0.1) is 19.3 Å². The molecule has 1 atom stereocenters. The van der Waals surface area contributed by atoms with Gasteiger partial charge < -0.3 is 25.6 Å². The Labute approximate surface area is 180 Å². The number of methoxy groups -OCH3 is 1. The van der Waals surface area contributed by atoms with E-state index < -0.39 is 11.6 Å². The second kappa shape index (κ2) is 10.6. The van der Waals surface area contributed by atoms with Gasteiger partial charge in [-0.2, -0.15) is 0 Å². The zero-order chi connectivity index (χ0) is 22.2. The number of amides is 1. The number of anilines is 1. The lowest BCUT2D eigenvalue weighted by molar-refractivity contribution is -0.120. The summed E-state index contributed by atoms with van der Waals surface area (Å²) in [5, 5.41) is 9.08. The first-order valence-electron chi connectivity index (χ1n) is 10.1. The number of hydrogen-bond acceptors (Lipinski definition) is 4. The summed E-state index contributed by atoms with van der Waals surface area (Å²) in [4.78, 5) is 18.1. The molecule has 1 aliphatic rings. The van der Waals surface area contributed by atoms with Crippen LogP contribution in [0.4, 0.5) is 14.5 Å². The molecule has 7 nitrogen and oxygen atoms in total. The molecular formula is C22H27F2N5O2. The predicted molar refractivity (Wildman–Crippen MR) is 116 cm³/mol. The van der Waals surface area contributed by atoms with Crippen LogP contribution in [0.1, 0.15) is 12.0 Å². The van der Waals surface area contributed by atoms with Gasteiger partial charge in [-0.1, -0.05) is 12.1 Å². The molecule has 0 radical (unpaired) electrons. The smallest absolute Gasteiger partial charge is 0.239 e. The molecule has 3 N–H and O–H groups in total. The van der Waals surface area contributed by atoms with Crippen LogP contribution in [-0.2, 0) is 11.3 Å². The molecule has 0 aliphatic carbocycles. The van der Waals surface area contributed by atoms with Crippen molar-refractivity contribution in [3.05, 3.63) is 59.7 Å². The molecule has 0 saturated carbocycles. The lowest BCUT2D eigenvalue weighted by atomic mass is 10.2. The number of aliphatic imine (C=N–C) groups is 1. The summed E-state index contributed by atoms with van der Waals surface area (Å²) in [6.45, 7) is 1.67. The second-order valence-corrected chi connectivity index (χ2v) is 7.22. The van der Waals surface area contributed by atoms with Crippen LogP contribution in [0.25, 0.3) is 0 Å². The Morgan fingerprint density at radius 3 is 2.65 bits per heavy atom. The summed E-state index contributed by atoms with van der Waals surface area (Å²) >= 11 is 0. The number of benzene rings is 2. The number of hydrogen-bond donors (Lipinski definition) is 3. The summed E-state index contributed by atoms with van der Waals surface area (Å²) in [5.41, 5.74) is 1.35. The SMILES string of the molecule is CN=C(NCC(=O)NCc1ccc(OC)cc1)NC1CCN(c2ccc(F)cc2F)C1. The van der Waals surface area contributed by atoms with Gasteiger partial charge in [0.15, 0.2) is 5.96 Å². The molecule has 31 heavy (non-hydrogen) atoms. The Morgan fingerprint density at radius 1 is 1.19 bits per heavy atom. The minimum Gasteiger partial charge on any atom is -0.497 e. The zero-order valence-corrected chi connectivity index (χ0v) is 17.6. The average Bonchev–Trinajstić information content (AvgIpc) is 3.23. The largest absolute Gasteiger partial charge is 0.497 e. The van der Waals surface area contributed by atoms with E-state index in [1.165, 1.54) is 12.1 Å². The maximum Gasteiger partial charge on any atom is 0.239 e. The fourth-order valence-electron chi connectivity index (χ4n) is 3.39. The Hall–Kier alpha value is -3.36. The Balaban J connectivity index is 1.42. The van der Waals surface area contributed by atoms with Gasteiger partial charge >= 0.3 is 0 Å². The molecule has 9 heteroatoms. The monoisotopic (exact) mass is 431 g/mol. The van der Waals surface area contributed by atoms with E-state index >= 15 is 0 Å². The van der Waals surface area contributed by atoms with Crippen molar-refractivity contribution in [3.63, 3.8) is 0 Å². The van der Waals surface area contributed by atoms with Crippen LogP contribution < -0.4 is 25.6 Å². The average molecular weight is 431 g/mol. The van der Waals surface area contributed by atoms with Crippen LogP contribution in [0.2, 0.25) is 0 Å². The fraction of sp³-hybridized carbons (Fsp3) is 0.364. The third-order valence-corrected chi connectivity index (χ3v) is 5.07. The first kappa shape index (κ1) is 22.3. The number of nitrogens with one attached hydrogen (secondary N) is 3. The number of ether oxygens (including phenoxy) is 1. The number of rotatable bonds is 7. The Morgan fingerprint density at radius 2 is 1.97 bits per heavy atom. The molecule has 1 amide bonds. The number of carbonyl (C=O) groups excluding carboxylic acids is 1. The standard InChI is InChI=1S/C22H27F2N5O2/c1-25-22(27-13-21(30)26-12-15-3-6-18(31-2)7-4-15)28-17-9-10-29(14-17)20-8-5-16(23)11-19(20)24/h3-8,11,17H,9-10,12-14H2,1-2H3,(H,26,30)(H2,25,27,28). The molecule has 0 bridgehead atoms. The summed E-state index contributed by atoms with van der Waals surface area (Å²) in [6, 6.07) is 11.1. The second-order valence-electron chi connectivity index (χ2n) is 7.22. The fourth-order valence-corrected chi connectivity index (χ4v) is 3.39. The molecule has 0 aromatic heterocycles. The number of carbonyl (C=O) groups is 1. The predicted octanol–water partition coefficient (Wildman–Crippen LogP) is 2.03. The Kier molecular flexibility index (Phi) is 7.64. The molecule has 166 valence electrons. The molecule has 1 unspecified atom stereocenters. The molecule has 3 rings (SSSR count). The van der Waals surface area contributed by atoms with Crippen molar-refractivity contribution in [3.8, 4) is 5.75 Å². The first-order chi connectivity index (χ1) is 15.0. The van der Waals surface area contributed by atoms with Crippen molar-refractivity contribution in [2.24, 2.45) is 4.99 Å². The first-order valence-corrected chi connectivity index (χ1v) is 10.1. The van der Waals surface area contributed by atoms with Crippen molar-refractivity contribution in [2.75, 3.05) is 38.7 Å². The highest BCUT2D eigenvalue weighted by Gasteiger charge is 2.25. The van der Waals surface area contributed by atoms with Gasteiger partial charge in [-0.3, -0.25) is 9.79 Å². The summed E-state index contributed by atoms with van der Waals surface area (Å²) in [7, 11) is 3.23. The molecule has 1 aliphatic heterocycles.